The van der Waals surface area contributed by atoms with Gasteiger partial charge in [0, 0.05) is 17.5 Å². The van der Waals surface area contributed by atoms with Crippen LogP contribution >= 0.6 is 0 Å². The Bertz CT molecular complexity index is 1060. The van der Waals surface area contributed by atoms with Crippen LogP contribution in [0, 0.1) is 0 Å². The van der Waals surface area contributed by atoms with E-state index >= 15 is 0 Å². The first-order valence-corrected chi connectivity index (χ1v) is 9.65. The lowest BCUT2D eigenvalue weighted by Crippen LogP contribution is -2.21. The van der Waals surface area contributed by atoms with E-state index in [9.17, 15) is 4.79 Å². The van der Waals surface area contributed by atoms with Gasteiger partial charge in [-0.05, 0) is 28.8 Å². The fraction of sp³-hybridized carbons (Fsp3) is 0.208. The highest BCUT2D eigenvalue weighted by Gasteiger charge is 2.31. The molecule has 3 aromatic carbocycles. The van der Waals surface area contributed by atoms with Crippen molar-refractivity contribution in [2.45, 2.75) is 18.4 Å². The van der Waals surface area contributed by atoms with Gasteiger partial charge in [0.05, 0.1) is 13.0 Å². The quantitative estimate of drug-likeness (QED) is 0.694. The normalized spacial score (nSPS) is 19.3. The van der Waals surface area contributed by atoms with E-state index in [0.29, 0.717) is 30.5 Å². The van der Waals surface area contributed by atoms with E-state index in [4.69, 9.17) is 19.3 Å². The molecule has 29 heavy (non-hydrogen) atoms. The fourth-order valence-corrected chi connectivity index (χ4v) is 3.93. The average molecular weight is 388 g/mol. The van der Waals surface area contributed by atoms with Crippen LogP contribution in [0.25, 0.3) is 11.1 Å². The SMILES string of the molecule is O=C(O)C[C@@H]1COc2cc3c(cc21)OCC(c1cccc(-c2ccccc2)c1)O3. The molecule has 0 saturated carbocycles. The van der Waals surface area contributed by atoms with E-state index in [2.05, 4.69) is 24.3 Å². The van der Waals surface area contributed by atoms with E-state index < -0.39 is 5.97 Å². The molecular weight excluding hydrogens is 368 g/mol. The summed E-state index contributed by atoms with van der Waals surface area (Å²) in [6.45, 7) is 0.765. The highest BCUT2D eigenvalue weighted by molar-refractivity contribution is 5.69. The van der Waals surface area contributed by atoms with Gasteiger partial charge >= 0.3 is 5.97 Å². The minimum atomic E-state index is -0.834. The zero-order valence-electron chi connectivity index (χ0n) is 15.7. The number of carboxylic acid groups (broad SMARTS) is 1. The van der Waals surface area contributed by atoms with Crippen molar-refractivity contribution in [1.82, 2.24) is 0 Å². The summed E-state index contributed by atoms with van der Waals surface area (Å²) in [6.07, 6.45) is -0.179. The molecule has 5 rings (SSSR count). The van der Waals surface area contributed by atoms with Crippen molar-refractivity contribution in [3.63, 3.8) is 0 Å². The molecule has 146 valence electrons. The zero-order chi connectivity index (χ0) is 19.8. The van der Waals surface area contributed by atoms with E-state index in [0.717, 1.165) is 22.3 Å². The van der Waals surface area contributed by atoms with Crippen LogP contribution in [0.3, 0.4) is 0 Å². The molecule has 2 aliphatic rings. The summed E-state index contributed by atoms with van der Waals surface area (Å²) >= 11 is 0. The third-order valence-corrected chi connectivity index (χ3v) is 5.40. The zero-order valence-corrected chi connectivity index (χ0v) is 15.7. The van der Waals surface area contributed by atoms with Crippen molar-refractivity contribution in [3.8, 4) is 28.4 Å². The number of benzene rings is 3. The molecule has 0 radical (unpaired) electrons. The lowest BCUT2D eigenvalue weighted by atomic mass is 9.97. The predicted octanol–water partition coefficient (Wildman–Crippen LogP) is 4.82. The molecule has 0 bridgehead atoms. The van der Waals surface area contributed by atoms with Crippen LogP contribution in [0.4, 0.5) is 0 Å². The minimum Gasteiger partial charge on any atom is -0.492 e. The molecule has 0 amide bonds. The van der Waals surface area contributed by atoms with Gasteiger partial charge in [-0.25, -0.2) is 0 Å². The molecule has 2 atom stereocenters. The summed E-state index contributed by atoms with van der Waals surface area (Å²) in [7, 11) is 0. The molecule has 0 aliphatic carbocycles. The number of carboxylic acids is 1. The Labute approximate surface area is 168 Å². The first kappa shape index (κ1) is 17.6. The summed E-state index contributed by atoms with van der Waals surface area (Å²) in [5.41, 5.74) is 4.20. The molecule has 0 spiro atoms. The summed E-state index contributed by atoms with van der Waals surface area (Å²) in [5.74, 6) is 0.954. The van der Waals surface area contributed by atoms with E-state index in [1.165, 1.54) is 0 Å². The summed E-state index contributed by atoms with van der Waals surface area (Å²) in [5, 5.41) is 9.09. The van der Waals surface area contributed by atoms with Gasteiger partial charge in [-0.3, -0.25) is 4.79 Å². The molecule has 1 N–H and O–H groups in total. The Morgan fingerprint density at radius 2 is 1.66 bits per heavy atom. The van der Waals surface area contributed by atoms with Gasteiger partial charge in [0.2, 0.25) is 0 Å². The highest BCUT2D eigenvalue weighted by Crippen LogP contribution is 2.46. The monoisotopic (exact) mass is 388 g/mol. The lowest BCUT2D eigenvalue weighted by Gasteiger charge is -2.27. The van der Waals surface area contributed by atoms with Gasteiger partial charge in [0.25, 0.3) is 0 Å². The topological polar surface area (TPSA) is 65.0 Å². The minimum absolute atomic E-state index is 0.0432. The van der Waals surface area contributed by atoms with E-state index in [1.54, 1.807) is 0 Å². The Morgan fingerprint density at radius 3 is 2.48 bits per heavy atom. The lowest BCUT2D eigenvalue weighted by molar-refractivity contribution is -0.137. The second-order valence-corrected chi connectivity index (χ2v) is 7.35. The maximum Gasteiger partial charge on any atom is 0.304 e. The summed E-state index contributed by atoms with van der Waals surface area (Å²) < 4.78 is 17.9. The van der Waals surface area contributed by atoms with Crippen molar-refractivity contribution in [1.29, 1.82) is 0 Å². The Morgan fingerprint density at radius 1 is 0.862 bits per heavy atom. The largest absolute Gasteiger partial charge is 0.492 e. The number of ether oxygens (including phenoxy) is 3. The first-order chi connectivity index (χ1) is 14.2. The number of fused-ring (bicyclic) bond motifs is 2. The van der Waals surface area contributed by atoms with Crippen molar-refractivity contribution < 1.29 is 24.1 Å². The molecule has 0 fully saturated rings. The standard InChI is InChI=1S/C24H20O5/c25-24(26)10-18-13-27-20-12-22-21(11-19(18)20)28-14-23(29-22)17-8-4-7-16(9-17)15-5-2-1-3-6-15/h1-9,11-12,18,23H,10,13-14H2,(H,25,26)/t18-,23?/m1/s1. The molecule has 2 aliphatic heterocycles. The highest BCUT2D eigenvalue weighted by atomic mass is 16.6. The van der Waals surface area contributed by atoms with Crippen LogP contribution in [0.5, 0.6) is 17.2 Å². The van der Waals surface area contributed by atoms with Crippen LogP contribution in [0.2, 0.25) is 0 Å². The molecular formula is C24H20O5. The third kappa shape index (κ3) is 3.40. The van der Waals surface area contributed by atoms with Gasteiger partial charge < -0.3 is 19.3 Å². The Balaban J connectivity index is 1.40. The number of carbonyl (C=O) groups is 1. The van der Waals surface area contributed by atoms with Crippen molar-refractivity contribution in [3.05, 3.63) is 77.9 Å². The van der Waals surface area contributed by atoms with Gasteiger partial charge in [-0.2, -0.15) is 0 Å². The van der Waals surface area contributed by atoms with Gasteiger partial charge in [0.15, 0.2) is 17.6 Å². The van der Waals surface area contributed by atoms with Crippen molar-refractivity contribution in [2.24, 2.45) is 0 Å². The number of hydrogen-bond acceptors (Lipinski definition) is 4. The Kier molecular flexibility index (Phi) is 4.35. The molecule has 5 nitrogen and oxygen atoms in total. The predicted molar refractivity (Wildman–Crippen MR) is 108 cm³/mol. The fourth-order valence-electron chi connectivity index (χ4n) is 3.93. The van der Waals surface area contributed by atoms with Crippen molar-refractivity contribution in [2.75, 3.05) is 13.2 Å². The first-order valence-electron chi connectivity index (χ1n) is 9.65. The second-order valence-electron chi connectivity index (χ2n) is 7.35. The number of rotatable bonds is 4. The van der Waals surface area contributed by atoms with Crippen LogP contribution in [-0.4, -0.2) is 24.3 Å². The Hall–Kier alpha value is -3.47. The number of hydrogen-bond donors (Lipinski definition) is 1. The maximum atomic E-state index is 11.1. The third-order valence-electron chi connectivity index (χ3n) is 5.40. The van der Waals surface area contributed by atoms with Gasteiger partial charge in [0.1, 0.15) is 12.4 Å². The summed E-state index contributed by atoms with van der Waals surface area (Å²) in [6, 6.07) is 22.2. The molecule has 3 aromatic rings. The van der Waals surface area contributed by atoms with E-state index in [1.807, 2.05) is 42.5 Å². The van der Waals surface area contributed by atoms with Crippen molar-refractivity contribution >= 4 is 5.97 Å². The van der Waals surface area contributed by atoms with Gasteiger partial charge in [-0.1, -0.05) is 48.5 Å². The smallest absolute Gasteiger partial charge is 0.304 e. The van der Waals surface area contributed by atoms with Crippen LogP contribution in [0.15, 0.2) is 66.7 Å². The number of aliphatic carboxylic acids is 1. The second kappa shape index (κ2) is 7.17. The van der Waals surface area contributed by atoms with Crippen LogP contribution in [-0.2, 0) is 4.79 Å². The van der Waals surface area contributed by atoms with Gasteiger partial charge in [-0.15, -0.1) is 0 Å². The molecule has 5 heteroatoms. The molecule has 1 unspecified atom stereocenters. The van der Waals surface area contributed by atoms with Crippen LogP contribution in [0.1, 0.15) is 29.6 Å². The van der Waals surface area contributed by atoms with Crippen LogP contribution < -0.4 is 14.2 Å². The summed E-state index contributed by atoms with van der Waals surface area (Å²) in [4.78, 5) is 11.1. The molecule has 2 heterocycles. The molecule has 0 saturated heterocycles. The maximum absolute atomic E-state index is 11.1. The van der Waals surface area contributed by atoms with E-state index in [-0.39, 0.29) is 18.4 Å². The average Bonchev–Trinajstić information content (AvgIpc) is 3.13. The molecule has 0 aromatic heterocycles.